The summed E-state index contributed by atoms with van der Waals surface area (Å²) in [6, 6.07) is 23.1. The normalized spacial score (nSPS) is 12.6. The molecule has 0 fully saturated rings. The number of hydrogen-bond acceptors (Lipinski definition) is 5. The molecule has 0 saturated heterocycles. The Balaban J connectivity index is 0.000000330. The standard InChI is InChI=1S/C35H34NO2.C15H28O2.Ir/c1-20(2)14-28-22(4)38-32-17-24(12-13-27(28)32)29-18-31(36-33-21(3)19-37-34(29)33)25-15-23-10-8-9-11-26(23)30(16-25)35(5,6)7;1-7-14(5,8-2)12(16)11-13(17)15(6,9-3)10-4;/h8-13,16-20H,14H2,1-7H3;11,16H,7-10H2,1-6H3;/q-1;;/b;12-11-;. The van der Waals surface area contributed by atoms with Crippen molar-refractivity contribution in [3.8, 4) is 22.4 Å². The molecule has 301 valence electrons. The van der Waals surface area contributed by atoms with Crippen LogP contribution in [0.5, 0.6) is 0 Å². The van der Waals surface area contributed by atoms with E-state index >= 15 is 0 Å². The van der Waals surface area contributed by atoms with Crippen molar-refractivity contribution >= 4 is 38.6 Å². The van der Waals surface area contributed by atoms with Crippen molar-refractivity contribution < 1.29 is 38.8 Å². The van der Waals surface area contributed by atoms with E-state index < -0.39 is 0 Å². The van der Waals surface area contributed by atoms with Crippen LogP contribution in [0.15, 0.2) is 81.5 Å². The number of carbonyl (C=O) groups excluding carboxylic acids is 1. The minimum atomic E-state index is -0.337. The molecule has 6 heteroatoms. The Hall–Kier alpha value is -3.99. The van der Waals surface area contributed by atoms with Gasteiger partial charge in [-0.2, -0.15) is 0 Å². The molecule has 6 rings (SSSR count). The number of furan rings is 2. The van der Waals surface area contributed by atoms with Crippen molar-refractivity contribution in [2.24, 2.45) is 16.7 Å². The summed E-state index contributed by atoms with van der Waals surface area (Å²) in [7, 11) is 0. The van der Waals surface area contributed by atoms with Crippen LogP contribution in [0, 0.1) is 36.7 Å². The number of fused-ring (bicyclic) bond motifs is 3. The quantitative estimate of drug-likeness (QED) is 0.0796. The molecule has 1 N–H and O–H groups in total. The van der Waals surface area contributed by atoms with Gasteiger partial charge in [0.15, 0.2) is 11.4 Å². The minimum absolute atomic E-state index is 0. The number of rotatable bonds is 11. The van der Waals surface area contributed by atoms with E-state index in [0.717, 1.165) is 87.9 Å². The SMILES string of the molecule is CCC(C)(CC)C(=O)/C=C(\O)C(C)(CC)CC.Cc1oc2cc(-c3cc(-c4[c-]c5ccccc5c(C(C)(C)C)c4)nc4c(C)coc34)ccc2c1CC(C)C.[Ir]. The second-order valence-electron chi connectivity index (χ2n) is 17.4. The van der Waals surface area contributed by atoms with Crippen molar-refractivity contribution in [3.63, 3.8) is 0 Å². The summed E-state index contributed by atoms with van der Waals surface area (Å²) in [6.07, 6.45) is 7.56. The third kappa shape index (κ3) is 9.08. The fraction of sp³-hybridized carbons (Fsp3) is 0.440. The van der Waals surface area contributed by atoms with E-state index in [4.69, 9.17) is 13.8 Å². The Labute approximate surface area is 348 Å². The largest absolute Gasteiger partial charge is 0.512 e. The van der Waals surface area contributed by atoms with Crippen LogP contribution in [0.3, 0.4) is 0 Å². The first-order chi connectivity index (χ1) is 25.9. The van der Waals surface area contributed by atoms with Crippen molar-refractivity contribution in [1.29, 1.82) is 0 Å². The first kappa shape index (κ1) is 44.7. The van der Waals surface area contributed by atoms with E-state index in [0.29, 0.717) is 5.92 Å². The number of hydrogen-bond donors (Lipinski definition) is 1. The summed E-state index contributed by atoms with van der Waals surface area (Å²) in [6.45, 7) is 27.5. The molecule has 0 amide bonds. The van der Waals surface area contributed by atoms with Crippen LogP contribution >= 0.6 is 0 Å². The van der Waals surface area contributed by atoms with E-state index in [1.54, 1.807) is 6.26 Å². The van der Waals surface area contributed by atoms with Crippen LogP contribution in [0.2, 0.25) is 0 Å². The molecule has 0 aliphatic carbocycles. The Morgan fingerprint density at radius 2 is 1.52 bits per heavy atom. The average molecular weight is 933 g/mol. The van der Waals surface area contributed by atoms with Gasteiger partial charge in [0.05, 0.1) is 6.26 Å². The topological polar surface area (TPSA) is 76.5 Å². The monoisotopic (exact) mass is 933 g/mol. The summed E-state index contributed by atoms with van der Waals surface area (Å²) >= 11 is 0. The molecule has 6 aromatic rings. The number of benzene rings is 3. The van der Waals surface area contributed by atoms with Crippen LogP contribution in [0.4, 0.5) is 0 Å². The van der Waals surface area contributed by atoms with E-state index in [-0.39, 0.29) is 47.9 Å². The summed E-state index contributed by atoms with van der Waals surface area (Å²) in [5.41, 5.74) is 9.55. The number of nitrogens with zero attached hydrogens (tertiary/aromatic N) is 1. The Bertz CT molecular complexity index is 2340. The summed E-state index contributed by atoms with van der Waals surface area (Å²) in [5.74, 6) is 1.85. The van der Waals surface area contributed by atoms with Crippen molar-refractivity contribution in [1.82, 2.24) is 4.98 Å². The van der Waals surface area contributed by atoms with Gasteiger partial charge in [-0.15, -0.1) is 29.1 Å². The molecule has 56 heavy (non-hydrogen) atoms. The molecular formula is C50H62IrNO4-. The Morgan fingerprint density at radius 1 is 0.875 bits per heavy atom. The molecule has 5 nitrogen and oxygen atoms in total. The van der Waals surface area contributed by atoms with Gasteiger partial charge in [-0.05, 0) is 68.9 Å². The van der Waals surface area contributed by atoms with Gasteiger partial charge >= 0.3 is 0 Å². The van der Waals surface area contributed by atoms with E-state index in [9.17, 15) is 9.90 Å². The van der Waals surface area contributed by atoms with Gasteiger partial charge in [0.1, 0.15) is 22.6 Å². The second kappa shape index (κ2) is 17.7. The molecule has 0 aliphatic rings. The first-order valence-corrected chi connectivity index (χ1v) is 20.2. The molecule has 0 bridgehead atoms. The predicted octanol–water partition coefficient (Wildman–Crippen LogP) is 14.6. The van der Waals surface area contributed by atoms with Gasteiger partial charge in [0.2, 0.25) is 0 Å². The van der Waals surface area contributed by atoms with Gasteiger partial charge in [-0.3, -0.25) is 9.78 Å². The molecular weight excluding hydrogens is 871 g/mol. The number of ketones is 1. The zero-order valence-corrected chi connectivity index (χ0v) is 38.3. The van der Waals surface area contributed by atoms with E-state index in [2.05, 4.69) is 102 Å². The van der Waals surface area contributed by atoms with Crippen LogP contribution in [-0.2, 0) is 36.7 Å². The third-order valence-electron chi connectivity index (χ3n) is 12.1. The zero-order valence-electron chi connectivity index (χ0n) is 35.9. The summed E-state index contributed by atoms with van der Waals surface area (Å²) in [4.78, 5) is 17.3. The predicted molar refractivity (Wildman–Crippen MR) is 231 cm³/mol. The van der Waals surface area contributed by atoms with E-state index in [1.165, 1.54) is 28.0 Å². The third-order valence-corrected chi connectivity index (χ3v) is 12.1. The fourth-order valence-corrected chi connectivity index (χ4v) is 7.25. The second-order valence-corrected chi connectivity index (χ2v) is 17.4. The number of aliphatic hydroxyl groups excluding tert-OH is 1. The van der Waals surface area contributed by atoms with E-state index in [1.807, 2.05) is 48.5 Å². The molecule has 0 saturated carbocycles. The number of pyridine rings is 1. The van der Waals surface area contributed by atoms with Crippen molar-refractivity contribution in [2.45, 2.75) is 128 Å². The maximum absolute atomic E-state index is 12.2. The first-order valence-electron chi connectivity index (χ1n) is 20.2. The molecule has 0 unspecified atom stereocenters. The van der Waals surface area contributed by atoms with Gasteiger partial charge in [-0.25, -0.2) is 0 Å². The van der Waals surface area contributed by atoms with Crippen molar-refractivity contribution in [2.75, 3.05) is 0 Å². The zero-order chi connectivity index (χ0) is 40.5. The number of aromatic nitrogens is 1. The van der Waals surface area contributed by atoms with Gasteiger partial charge in [0.25, 0.3) is 0 Å². The molecule has 3 heterocycles. The average Bonchev–Trinajstić information content (AvgIpc) is 3.69. The number of aryl methyl sites for hydroxylation is 2. The summed E-state index contributed by atoms with van der Waals surface area (Å²) < 4.78 is 12.3. The van der Waals surface area contributed by atoms with Gasteiger partial charge in [0, 0.05) is 64.8 Å². The molecule has 1 radical (unpaired) electrons. The summed E-state index contributed by atoms with van der Waals surface area (Å²) in [5, 5.41) is 13.7. The number of aliphatic hydroxyl groups is 1. The van der Waals surface area contributed by atoms with Gasteiger partial charge < -0.3 is 13.9 Å². The molecule has 3 aromatic carbocycles. The van der Waals surface area contributed by atoms with Gasteiger partial charge in [-0.1, -0.05) is 124 Å². The molecule has 0 aliphatic heterocycles. The number of allylic oxidation sites excluding steroid dienone is 2. The smallest absolute Gasteiger partial charge is 0.164 e. The van der Waals surface area contributed by atoms with Crippen LogP contribution in [0.1, 0.15) is 124 Å². The Morgan fingerprint density at radius 3 is 2.12 bits per heavy atom. The fourth-order valence-electron chi connectivity index (χ4n) is 7.25. The molecule has 0 spiro atoms. The maximum Gasteiger partial charge on any atom is 0.164 e. The van der Waals surface area contributed by atoms with Crippen LogP contribution < -0.4 is 0 Å². The maximum atomic E-state index is 12.2. The Kier molecular flexibility index (Phi) is 14.1. The number of carbonyl (C=O) groups is 1. The van der Waals surface area contributed by atoms with Crippen molar-refractivity contribution in [3.05, 3.63) is 101 Å². The van der Waals surface area contributed by atoms with Crippen LogP contribution in [0.25, 0.3) is 55.2 Å². The van der Waals surface area contributed by atoms with Crippen LogP contribution in [-0.4, -0.2) is 15.9 Å². The molecule has 0 atom stereocenters. The molecule has 3 aromatic heterocycles. The minimum Gasteiger partial charge on any atom is -0.512 e.